The molecule has 1 aromatic rings. The second kappa shape index (κ2) is 6.43. The van der Waals surface area contributed by atoms with E-state index in [9.17, 15) is 4.39 Å². The predicted molar refractivity (Wildman–Crippen MR) is 68.8 cm³/mol. The summed E-state index contributed by atoms with van der Waals surface area (Å²) in [6, 6.07) is 6.75. The van der Waals surface area contributed by atoms with Crippen LogP contribution in [0.4, 0.5) is 4.39 Å². The van der Waals surface area contributed by atoms with Gasteiger partial charge in [0.25, 0.3) is 0 Å². The number of halogens is 1. The van der Waals surface area contributed by atoms with Crippen LogP contribution in [0.25, 0.3) is 0 Å². The largest absolute Gasteiger partial charge is 0.363 e. The van der Waals surface area contributed by atoms with Crippen molar-refractivity contribution in [2.24, 2.45) is 0 Å². The zero-order valence-corrected chi connectivity index (χ0v) is 10.5. The van der Waals surface area contributed by atoms with Gasteiger partial charge >= 0.3 is 0 Å². The van der Waals surface area contributed by atoms with Crippen molar-refractivity contribution in [3.05, 3.63) is 35.6 Å². The molecule has 0 saturated carbocycles. The molecule has 2 nitrogen and oxygen atoms in total. The molecule has 0 heterocycles. The fourth-order valence-corrected chi connectivity index (χ4v) is 1.49. The average Bonchev–Trinajstić information content (AvgIpc) is 2.28. The van der Waals surface area contributed by atoms with Crippen LogP contribution < -0.4 is 5.32 Å². The normalized spacial score (nSPS) is 9.94. The minimum atomic E-state index is -0.187. The summed E-state index contributed by atoms with van der Waals surface area (Å²) < 4.78 is 13.4. The van der Waals surface area contributed by atoms with Crippen molar-refractivity contribution in [3.63, 3.8) is 0 Å². The summed E-state index contributed by atoms with van der Waals surface area (Å²) in [4.78, 5) is 1.84. The first kappa shape index (κ1) is 12.9. The van der Waals surface area contributed by atoms with Gasteiger partial charge in [0, 0.05) is 25.7 Å². The van der Waals surface area contributed by atoms with E-state index in [0.717, 1.165) is 13.0 Å². The molecule has 0 fully saturated rings. The number of nitrogens with zero attached hydrogens (tertiary/aromatic N) is 1. The summed E-state index contributed by atoms with van der Waals surface area (Å²) in [5.74, 6) is -0.187. The number of nitrogens with one attached hydrogen (secondary N) is 1. The van der Waals surface area contributed by atoms with Crippen LogP contribution in [-0.2, 0) is 6.54 Å². The molecule has 0 aromatic heterocycles. The molecule has 0 aliphatic carbocycles. The number of thiocarbonyl (C=S) groups is 1. The van der Waals surface area contributed by atoms with Gasteiger partial charge in [-0.25, -0.2) is 4.39 Å². The highest BCUT2D eigenvalue weighted by atomic mass is 32.1. The zero-order chi connectivity index (χ0) is 12.0. The highest BCUT2D eigenvalue weighted by Gasteiger charge is 2.07. The molecule has 0 saturated heterocycles. The molecule has 0 unspecified atom stereocenters. The van der Waals surface area contributed by atoms with Crippen LogP contribution in [0, 0.1) is 5.82 Å². The number of benzene rings is 1. The van der Waals surface area contributed by atoms with E-state index in [1.54, 1.807) is 12.1 Å². The molecular weight excluding hydrogens is 223 g/mol. The Kier molecular flexibility index (Phi) is 5.19. The molecule has 16 heavy (non-hydrogen) atoms. The van der Waals surface area contributed by atoms with E-state index in [4.69, 9.17) is 12.2 Å². The first-order valence-corrected chi connectivity index (χ1v) is 5.78. The average molecular weight is 240 g/mol. The topological polar surface area (TPSA) is 15.3 Å². The van der Waals surface area contributed by atoms with Crippen molar-refractivity contribution in [1.82, 2.24) is 10.2 Å². The van der Waals surface area contributed by atoms with Crippen LogP contribution in [0.3, 0.4) is 0 Å². The van der Waals surface area contributed by atoms with Crippen LogP contribution in [0.1, 0.15) is 18.9 Å². The Bertz CT molecular complexity index is 355. The van der Waals surface area contributed by atoms with Gasteiger partial charge in [-0.1, -0.05) is 25.1 Å². The Morgan fingerprint density at radius 2 is 2.12 bits per heavy atom. The van der Waals surface area contributed by atoms with Crippen molar-refractivity contribution in [3.8, 4) is 0 Å². The van der Waals surface area contributed by atoms with Crippen LogP contribution in [0.5, 0.6) is 0 Å². The molecule has 0 spiro atoms. The standard InChI is InChI=1S/C12H17FN2S/c1-3-8-14-12(16)15(2)9-10-6-4-5-7-11(10)13/h4-7H,3,8-9H2,1-2H3,(H,14,16). The Hall–Kier alpha value is -1.16. The lowest BCUT2D eigenvalue weighted by atomic mass is 10.2. The Morgan fingerprint density at radius 3 is 2.75 bits per heavy atom. The van der Waals surface area contributed by atoms with Gasteiger partial charge in [0.1, 0.15) is 5.82 Å². The molecule has 1 rings (SSSR count). The minimum Gasteiger partial charge on any atom is -0.363 e. The monoisotopic (exact) mass is 240 g/mol. The molecule has 1 aromatic carbocycles. The van der Waals surface area contributed by atoms with Crippen molar-refractivity contribution in [2.45, 2.75) is 19.9 Å². The lowest BCUT2D eigenvalue weighted by Crippen LogP contribution is -2.37. The van der Waals surface area contributed by atoms with E-state index in [1.807, 2.05) is 18.0 Å². The second-order valence-electron chi connectivity index (χ2n) is 3.68. The molecular formula is C12H17FN2S. The Labute approximate surface area is 101 Å². The van der Waals surface area contributed by atoms with Gasteiger partial charge in [-0.3, -0.25) is 0 Å². The van der Waals surface area contributed by atoms with E-state index in [-0.39, 0.29) is 5.82 Å². The first-order chi connectivity index (χ1) is 7.65. The molecule has 0 aliphatic rings. The van der Waals surface area contributed by atoms with Crippen LogP contribution in [0.2, 0.25) is 0 Å². The SMILES string of the molecule is CCCNC(=S)N(C)Cc1ccccc1F. The maximum absolute atomic E-state index is 13.4. The van der Waals surface area contributed by atoms with Crippen molar-refractivity contribution in [1.29, 1.82) is 0 Å². The van der Waals surface area contributed by atoms with E-state index in [2.05, 4.69) is 12.2 Å². The summed E-state index contributed by atoms with van der Waals surface area (Å²) >= 11 is 5.18. The molecule has 0 aliphatic heterocycles. The van der Waals surface area contributed by atoms with Crippen LogP contribution in [0.15, 0.2) is 24.3 Å². The van der Waals surface area contributed by atoms with Gasteiger partial charge in [0.05, 0.1) is 0 Å². The maximum Gasteiger partial charge on any atom is 0.168 e. The Balaban J connectivity index is 2.54. The van der Waals surface area contributed by atoms with Gasteiger partial charge in [0.2, 0.25) is 0 Å². The maximum atomic E-state index is 13.4. The molecule has 0 radical (unpaired) electrons. The third-order valence-corrected chi connectivity index (χ3v) is 2.69. The lowest BCUT2D eigenvalue weighted by Gasteiger charge is -2.21. The first-order valence-electron chi connectivity index (χ1n) is 5.37. The van der Waals surface area contributed by atoms with Gasteiger partial charge in [-0.15, -0.1) is 0 Å². The third kappa shape index (κ3) is 3.77. The molecule has 0 atom stereocenters. The van der Waals surface area contributed by atoms with Crippen LogP contribution in [-0.4, -0.2) is 23.6 Å². The molecule has 1 N–H and O–H groups in total. The smallest absolute Gasteiger partial charge is 0.168 e. The lowest BCUT2D eigenvalue weighted by molar-refractivity contribution is 0.470. The van der Waals surface area contributed by atoms with E-state index < -0.39 is 0 Å². The fourth-order valence-electron chi connectivity index (χ4n) is 1.32. The summed E-state index contributed by atoms with van der Waals surface area (Å²) in [5.41, 5.74) is 0.658. The molecule has 4 heteroatoms. The molecule has 88 valence electrons. The summed E-state index contributed by atoms with van der Waals surface area (Å²) in [5, 5.41) is 3.76. The number of hydrogen-bond donors (Lipinski definition) is 1. The second-order valence-corrected chi connectivity index (χ2v) is 4.07. The summed E-state index contributed by atoms with van der Waals surface area (Å²) in [6.45, 7) is 3.41. The predicted octanol–water partition coefficient (Wildman–Crippen LogP) is 2.54. The van der Waals surface area contributed by atoms with Crippen LogP contribution >= 0.6 is 12.2 Å². The molecule has 0 amide bonds. The van der Waals surface area contributed by atoms with Gasteiger partial charge in [0.15, 0.2) is 5.11 Å². The van der Waals surface area contributed by atoms with Crippen molar-refractivity contribution >= 4 is 17.3 Å². The van der Waals surface area contributed by atoms with Crippen molar-refractivity contribution in [2.75, 3.05) is 13.6 Å². The zero-order valence-electron chi connectivity index (χ0n) is 9.66. The van der Waals surface area contributed by atoms with Gasteiger partial charge < -0.3 is 10.2 Å². The number of hydrogen-bond acceptors (Lipinski definition) is 1. The van der Waals surface area contributed by atoms with E-state index in [1.165, 1.54) is 6.07 Å². The summed E-state index contributed by atoms with van der Waals surface area (Å²) in [6.07, 6.45) is 1.02. The van der Waals surface area contributed by atoms with Gasteiger partial charge in [-0.2, -0.15) is 0 Å². The Morgan fingerprint density at radius 1 is 1.44 bits per heavy atom. The third-order valence-electron chi connectivity index (χ3n) is 2.24. The molecule has 0 bridgehead atoms. The van der Waals surface area contributed by atoms with E-state index >= 15 is 0 Å². The quantitative estimate of drug-likeness (QED) is 0.814. The summed E-state index contributed by atoms with van der Waals surface area (Å²) in [7, 11) is 1.86. The highest BCUT2D eigenvalue weighted by molar-refractivity contribution is 7.80. The van der Waals surface area contributed by atoms with E-state index in [0.29, 0.717) is 17.2 Å². The fraction of sp³-hybridized carbons (Fsp3) is 0.417. The van der Waals surface area contributed by atoms with Gasteiger partial charge in [-0.05, 0) is 24.7 Å². The number of rotatable bonds is 4. The van der Waals surface area contributed by atoms with Crippen molar-refractivity contribution < 1.29 is 4.39 Å². The highest BCUT2D eigenvalue weighted by Crippen LogP contribution is 2.08. The minimum absolute atomic E-state index is 0.187.